The van der Waals surface area contributed by atoms with E-state index < -0.39 is 16.1 Å². The molecule has 4 rings (SSSR count). The molecule has 0 saturated heterocycles. The normalized spacial score (nSPS) is 20.7. The molecule has 27 heavy (non-hydrogen) atoms. The lowest BCUT2D eigenvalue weighted by Gasteiger charge is -2.24. The molecule has 1 aliphatic carbocycles. The number of benzene rings is 1. The number of nitrogens with zero attached hydrogens (tertiary/aromatic N) is 3. The maximum absolute atomic E-state index is 13.1. The molecule has 0 bridgehead atoms. The van der Waals surface area contributed by atoms with Crippen LogP contribution in [0.15, 0.2) is 47.6 Å². The van der Waals surface area contributed by atoms with Crippen molar-refractivity contribution in [1.82, 2.24) is 4.98 Å². The van der Waals surface area contributed by atoms with E-state index in [4.69, 9.17) is 0 Å². The number of hydrogen-bond donors (Lipinski definition) is 0. The fourth-order valence-electron chi connectivity index (χ4n) is 3.40. The number of carbonyl (C=O) groups is 2. The highest BCUT2D eigenvalue weighted by Crippen LogP contribution is 2.45. The largest absolute Gasteiger partial charge is 0.378 e. The Bertz CT molecular complexity index is 1010. The molecule has 2 aliphatic rings. The molecule has 7 nitrogen and oxygen atoms in total. The molecule has 8 heteroatoms. The van der Waals surface area contributed by atoms with Crippen molar-refractivity contribution < 1.29 is 14.5 Å². The van der Waals surface area contributed by atoms with E-state index in [1.54, 1.807) is 6.07 Å². The van der Waals surface area contributed by atoms with E-state index >= 15 is 0 Å². The summed E-state index contributed by atoms with van der Waals surface area (Å²) >= 11 is 0.846. The van der Waals surface area contributed by atoms with Crippen LogP contribution in [0.4, 0.5) is 5.69 Å². The van der Waals surface area contributed by atoms with Gasteiger partial charge in [0.05, 0.1) is 21.7 Å². The molecule has 0 spiro atoms. The number of ketones is 2. The fraction of sp³-hybridized carbons (Fsp3) is 0.211. The number of allylic oxidation sites excluding steroid dienone is 1. The highest BCUT2D eigenvalue weighted by Gasteiger charge is 2.49. The first-order valence-corrected chi connectivity index (χ1v) is 9.14. The molecular formula is C19H15N3O4S. The van der Waals surface area contributed by atoms with Crippen LogP contribution in [0.25, 0.3) is 11.1 Å². The van der Waals surface area contributed by atoms with Crippen molar-refractivity contribution in [2.75, 3.05) is 19.0 Å². The summed E-state index contributed by atoms with van der Waals surface area (Å²) in [7, 11) is 3.87. The summed E-state index contributed by atoms with van der Waals surface area (Å²) in [5.74, 6) is -1.45. The number of aromatic nitrogens is 1. The molecule has 0 N–H and O–H groups in total. The van der Waals surface area contributed by atoms with Gasteiger partial charge in [-0.05, 0) is 41.1 Å². The average molecular weight is 381 g/mol. The average Bonchev–Trinajstić information content (AvgIpc) is 3.12. The molecule has 0 saturated carbocycles. The van der Waals surface area contributed by atoms with E-state index in [9.17, 15) is 19.7 Å². The molecule has 2 heterocycles. The monoisotopic (exact) mass is 381 g/mol. The molecule has 0 radical (unpaired) electrons. The molecule has 136 valence electrons. The Morgan fingerprint density at radius 2 is 1.81 bits per heavy atom. The Kier molecular flexibility index (Phi) is 4.07. The van der Waals surface area contributed by atoms with Gasteiger partial charge in [0, 0.05) is 32.1 Å². The standard InChI is InChI=1S/C19H15N3O4S/c1-21(2)11-5-3-10(4-6-11)12-7-8-20-16-15(12)18(24)19-13(17(16)23)9-14(27-19)22(25)26/h3-9,13,19H,1-2H3. The van der Waals surface area contributed by atoms with Gasteiger partial charge < -0.3 is 4.90 Å². The molecule has 2 aromatic rings. The quantitative estimate of drug-likeness (QED) is 0.596. The van der Waals surface area contributed by atoms with Crippen molar-refractivity contribution in [3.8, 4) is 11.1 Å². The first-order valence-electron chi connectivity index (χ1n) is 8.26. The van der Waals surface area contributed by atoms with Gasteiger partial charge in [-0.1, -0.05) is 12.1 Å². The summed E-state index contributed by atoms with van der Waals surface area (Å²) in [4.78, 5) is 42.6. The van der Waals surface area contributed by atoms with E-state index in [1.165, 1.54) is 12.3 Å². The van der Waals surface area contributed by atoms with Gasteiger partial charge in [-0.3, -0.25) is 24.7 Å². The summed E-state index contributed by atoms with van der Waals surface area (Å²) in [6, 6.07) is 9.33. The van der Waals surface area contributed by atoms with E-state index in [1.807, 2.05) is 43.3 Å². The zero-order valence-corrected chi connectivity index (χ0v) is 15.4. The predicted octanol–water partition coefficient (Wildman–Crippen LogP) is 3.04. The number of Topliss-reactive ketones (excluding diaryl/α,β-unsaturated/α-hetero) is 2. The zero-order chi connectivity index (χ0) is 19.3. The van der Waals surface area contributed by atoms with Crippen molar-refractivity contribution >= 4 is 29.0 Å². The number of anilines is 1. The maximum atomic E-state index is 13.1. The number of rotatable bonds is 3. The van der Waals surface area contributed by atoms with E-state index in [-0.39, 0.29) is 27.9 Å². The van der Waals surface area contributed by atoms with E-state index in [2.05, 4.69) is 4.98 Å². The van der Waals surface area contributed by atoms with Crippen LogP contribution >= 0.6 is 11.8 Å². The lowest BCUT2D eigenvalue weighted by atomic mass is 9.81. The van der Waals surface area contributed by atoms with Crippen molar-refractivity contribution in [2.24, 2.45) is 5.92 Å². The van der Waals surface area contributed by atoms with Gasteiger partial charge in [0.2, 0.25) is 0 Å². The molecule has 1 aliphatic heterocycles. The van der Waals surface area contributed by atoms with Gasteiger partial charge in [0.1, 0.15) is 5.69 Å². The Balaban J connectivity index is 1.81. The van der Waals surface area contributed by atoms with Crippen LogP contribution in [0.5, 0.6) is 0 Å². The van der Waals surface area contributed by atoms with Crippen LogP contribution in [0.2, 0.25) is 0 Å². The number of hydrogen-bond acceptors (Lipinski definition) is 7. The summed E-state index contributed by atoms with van der Waals surface area (Å²) in [6.07, 6.45) is 2.78. The minimum absolute atomic E-state index is 0.0943. The van der Waals surface area contributed by atoms with Gasteiger partial charge in [0.15, 0.2) is 11.6 Å². The molecular weight excluding hydrogens is 366 g/mol. The third-order valence-electron chi connectivity index (χ3n) is 4.76. The molecule has 1 aromatic carbocycles. The summed E-state index contributed by atoms with van der Waals surface area (Å²) in [5.41, 5.74) is 2.78. The second-order valence-electron chi connectivity index (χ2n) is 6.58. The van der Waals surface area contributed by atoms with Gasteiger partial charge >= 0.3 is 5.03 Å². The van der Waals surface area contributed by atoms with Crippen LogP contribution < -0.4 is 4.90 Å². The maximum Gasteiger partial charge on any atom is 0.300 e. The SMILES string of the molecule is CN(C)c1ccc(-c2ccnc3c2C(=O)C2SC([N+](=O)[O-])=CC2C3=O)cc1. The lowest BCUT2D eigenvalue weighted by molar-refractivity contribution is -0.410. The van der Waals surface area contributed by atoms with Gasteiger partial charge in [-0.2, -0.15) is 0 Å². The first-order chi connectivity index (χ1) is 12.9. The Labute approximate surface area is 159 Å². The van der Waals surface area contributed by atoms with E-state index in [0.717, 1.165) is 23.0 Å². The topological polar surface area (TPSA) is 93.4 Å². The van der Waals surface area contributed by atoms with Crippen LogP contribution in [-0.2, 0) is 0 Å². The Morgan fingerprint density at radius 3 is 2.44 bits per heavy atom. The second kappa shape index (κ2) is 6.31. The smallest absolute Gasteiger partial charge is 0.300 e. The number of fused-ring (bicyclic) bond motifs is 2. The number of nitro groups is 1. The highest BCUT2D eigenvalue weighted by molar-refractivity contribution is 8.04. The highest BCUT2D eigenvalue weighted by atomic mass is 32.2. The molecule has 0 amide bonds. The fourth-order valence-corrected chi connectivity index (χ4v) is 4.54. The number of carbonyl (C=O) groups excluding carboxylic acids is 2. The zero-order valence-electron chi connectivity index (χ0n) is 14.6. The van der Waals surface area contributed by atoms with Crippen LogP contribution in [0.3, 0.4) is 0 Å². The van der Waals surface area contributed by atoms with Gasteiger partial charge in [-0.25, -0.2) is 0 Å². The first kappa shape index (κ1) is 17.4. The Hall–Kier alpha value is -3.00. The minimum Gasteiger partial charge on any atom is -0.378 e. The van der Waals surface area contributed by atoms with Crippen molar-refractivity contribution in [1.29, 1.82) is 0 Å². The van der Waals surface area contributed by atoms with Crippen molar-refractivity contribution in [3.05, 3.63) is 69.0 Å². The number of pyridine rings is 1. The molecule has 2 unspecified atom stereocenters. The minimum atomic E-state index is -0.825. The predicted molar refractivity (Wildman–Crippen MR) is 103 cm³/mol. The molecule has 1 aromatic heterocycles. The summed E-state index contributed by atoms with van der Waals surface area (Å²) < 4.78 is 0. The second-order valence-corrected chi connectivity index (χ2v) is 7.74. The van der Waals surface area contributed by atoms with Crippen molar-refractivity contribution in [2.45, 2.75) is 5.25 Å². The third-order valence-corrected chi connectivity index (χ3v) is 6.05. The van der Waals surface area contributed by atoms with Crippen LogP contribution in [-0.4, -0.2) is 40.8 Å². The van der Waals surface area contributed by atoms with Crippen LogP contribution in [0.1, 0.15) is 20.8 Å². The van der Waals surface area contributed by atoms with Crippen molar-refractivity contribution in [3.63, 3.8) is 0 Å². The number of thioether (sulfide) groups is 1. The summed E-state index contributed by atoms with van der Waals surface area (Å²) in [5, 5.41) is 10.1. The third kappa shape index (κ3) is 2.73. The molecule has 0 fully saturated rings. The van der Waals surface area contributed by atoms with Gasteiger partial charge in [-0.15, -0.1) is 0 Å². The lowest BCUT2D eigenvalue weighted by Crippen LogP contribution is -2.37. The van der Waals surface area contributed by atoms with E-state index in [0.29, 0.717) is 5.56 Å². The Morgan fingerprint density at radius 1 is 1.11 bits per heavy atom. The van der Waals surface area contributed by atoms with Gasteiger partial charge in [0.25, 0.3) is 0 Å². The summed E-state index contributed by atoms with van der Waals surface area (Å²) in [6.45, 7) is 0. The van der Waals surface area contributed by atoms with Crippen LogP contribution in [0, 0.1) is 16.0 Å². The molecule has 2 atom stereocenters.